The SMILES string of the molecule is Cc1nn(C)c(CC(O)c2cccc(Cl)c2Cl)c1Cl. The molecule has 0 bridgehead atoms. The van der Waals surface area contributed by atoms with E-state index in [1.807, 2.05) is 6.92 Å². The van der Waals surface area contributed by atoms with Crippen LogP contribution >= 0.6 is 34.8 Å². The summed E-state index contributed by atoms with van der Waals surface area (Å²) in [5, 5.41) is 15.9. The van der Waals surface area contributed by atoms with E-state index in [1.54, 1.807) is 29.9 Å². The average Bonchev–Trinajstić information content (AvgIpc) is 2.59. The van der Waals surface area contributed by atoms with Gasteiger partial charge in [-0.2, -0.15) is 5.10 Å². The molecule has 2 rings (SSSR count). The van der Waals surface area contributed by atoms with E-state index >= 15 is 0 Å². The molecular weight excluding hydrogens is 307 g/mol. The van der Waals surface area contributed by atoms with Crippen LogP contribution in [0.25, 0.3) is 0 Å². The van der Waals surface area contributed by atoms with E-state index < -0.39 is 6.10 Å². The number of rotatable bonds is 3. The van der Waals surface area contributed by atoms with Crippen molar-refractivity contribution in [1.29, 1.82) is 0 Å². The molecule has 1 aromatic heterocycles. The highest BCUT2D eigenvalue weighted by Crippen LogP contribution is 2.32. The van der Waals surface area contributed by atoms with Crippen molar-refractivity contribution in [3.05, 3.63) is 50.2 Å². The molecule has 1 heterocycles. The fourth-order valence-electron chi connectivity index (χ4n) is 1.97. The summed E-state index contributed by atoms with van der Waals surface area (Å²) in [4.78, 5) is 0. The van der Waals surface area contributed by atoms with Crippen LogP contribution in [0.2, 0.25) is 15.1 Å². The molecule has 0 fully saturated rings. The van der Waals surface area contributed by atoms with Crippen LogP contribution in [0.4, 0.5) is 0 Å². The number of aliphatic hydroxyl groups is 1. The molecular formula is C13H13Cl3N2O. The number of nitrogens with zero attached hydrogens (tertiary/aromatic N) is 2. The summed E-state index contributed by atoms with van der Waals surface area (Å²) in [5.41, 5.74) is 2.09. The van der Waals surface area contributed by atoms with Gasteiger partial charge in [0.25, 0.3) is 0 Å². The Morgan fingerprint density at radius 3 is 2.53 bits per heavy atom. The first-order valence-corrected chi connectivity index (χ1v) is 6.85. The minimum atomic E-state index is -0.779. The lowest BCUT2D eigenvalue weighted by Gasteiger charge is -2.14. The lowest BCUT2D eigenvalue weighted by Crippen LogP contribution is -2.07. The van der Waals surface area contributed by atoms with Crippen molar-refractivity contribution >= 4 is 34.8 Å². The Bertz CT molecular complexity index is 610. The van der Waals surface area contributed by atoms with Crippen LogP contribution in [0, 0.1) is 6.92 Å². The number of benzene rings is 1. The molecule has 0 radical (unpaired) electrons. The van der Waals surface area contributed by atoms with Crippen LogP contribution in [-0.2, 0) is 13.5 Å². The maximum atomic E-state index is 10.3. The van der Waals surface area contributed by atoms with Gasteiger partial charge in [-0.15, -0.1) is 0 Å². The van der Waals surface area contributed by atoms with Gasteiger partial charge in [0.15, 0.2) is 0 Å². The number of aromatic nitrogens is 2. The van der Waals surface area contributed by atoms with E-state index in [0.717, 1.165) is 11.4 Å². The van der Waals surface area contributed by atoms with Crippen LogP contribution in [0.3, 0.4) is 0 Å². The molecule has 1 atom stereocenters. The number of aliphatic hydroxyl groups excluding tert-OH is 1. The van der Waals surface area contributed by atoms with Crippen molar-refractivity contribution in [3.63, 3.8) is 0 Å². The zero-order chi connectivity index (χ0) is 14.2. The molecule has 6 heteroatoms. The van der Waals surface area contributed by atoms with Gasteiger partial charge in [0.2, 0.25) is 0 Å². The van der Waals surface area contributed by atoms with Gasteiger partial charge >= 0.3 is 0 Å². The minimum absolute atomic E-state index is 0.330. The summed E-state index contributed by atoms with van der Waals surface area (Å²) in [5.74, 6) is 0. The predicted octanol–water partition coefficient (Wildman–Crippen LogP) is 3.96. The Hall–Kier alpha value is -0.740. The summed E-state index contributed by atoms with van der Waals surface area (Å²) in [7, 11) is 1.79. The van der Waals surface area contributed by atoms with Gasteiger partial charge in [0.05, 0.1) is 32.6 Å². The number of hydrogen-bond acceptors (Lipinski definition) is 2. The lowest BCUT2D eigenvalue weighted by molar-refractivity contribution is 0.176. The fraction of sp³-hybridized carbons (Fsp3) is 0.308. The molecule has 1 aromatic carbocycles. The first-order chi connectivity index (χ1) is 8.91. The summed E-state index contributed by atoms with van der Waals surface area (Å²) < 4.78 is 1.67. The highest BCUT2D eigenvalue weighted by Gasteiger charge is 2.19. The lowest BCUT2D eigenvalue weighted by atomic mass is 10.0. The molecule has 2 aromatic rings. The highest BCUT2D eigenvalue weighted by atomic mass is 35.5. The summed E-state index contributed by atoms with van der Waals surface area (Å²) >= 11 is 18.2. The molecule has 1 N–H and O–H groups in total. The predicted molar refractivity (Wildman–Crippen MR) is 78.1 cm³/mol. The zero-order valence-corrected chi connectivity index (χ0v) is 12.8. The van der Waals surface area contributed by atoms with Crippen molar-refractivity contribution in [1.82, 2.24) is 9.78 Å². The topological polar surface area (TPSA) is 38.0 Å². The van der Waals surface area contributed by atoms with Crippen molar-refractivity contribution in [2.24, 2.45) is 7.05 Å². The van der Waals surface area contributed by atoms with Crippen LogP contribution in [0.1, 0.15) is 23.1 Å². The standard InChI is InChI=1S/C13H13Cl3N2O/c1-7-12(15)10(18(2)17-7)6-11(19)8-4-3-5-9(14)13(8)16/h3-5,11,19H,6H2,1-2H3. The van der Waals surface area contributed by atoms with E-state index in [2.05, 4.69) is 5.10 Å². The van der Waals surface area contributed by atoms with Crippen molar-refractivity contribution in [2.45, 2.75) is 19.4 Å². The second-order valence-electron chi connectivity index (χ2n) is 4.33. The molecule has 1 unspecified atom stereocenters. The van der Waals surface area contributed by atoms with Crippen LogP contribution < -0.4 is 0 Å². The van der Waals surface area contributed by atoms with Crippen molar-refractivity contribution in [3.8, 4) is 0 Å². The van der Waals surface area contributed by atoms with Crippen molar-refractivity contribution in [2.75, 3.05) is 0 Å². The summed E-state index contributed by atoms with van der Waals surface area (Å²) in [6.07, 6.45) is -0.450. The molecule has 0 amide bonds. The zero-order valence-electron chi connectivity index (χ0n) is 10.5. The molecule has 19 heavy (non-hydrogen) atoms. The smallest absolute Gasteiger partial charge is 0.0860 e. The minimum Gasteiger partial charge on any atom is -0.388 e. The normalized spacial score (nSPS) is 12.7. The second kappa shape index (κ2) is 5.71. The first-order valence-electron chi connectivity index (χ1n) is 5.71. The Labute approximate surface area is 126 Å². The molecule has 0 spiro atoms. The van der Waals surface area contributed by atoms with Gasteiger partial charge in [0, 0.05) is 19.0 Å². The van der Waals surface area contributed by atoms with Crippen LogP contribution in [0.15, 0.2) is 18.2 Å². The summed E-state index contributed by atoms with van der Waals surface area (Å²) in [6.45, 7) is 1.82. The van der Waals surface area contributed by atoms with E-state index in [9.17, 15) is 5.11 Å². The summed E-state index contributed by atoms with van der Waals surface area (Å²) in [6, 6.07) is 5.18. The number of halogens is 3. The number of hydrogen-bond donors (Lipinski definition) is 1. The monoisotopic (exact) mass is 318 g/mol. The maximum Gasteiger partial charge on any atom is 0.0860 e. The number of aryl methyl sites for hydroxylation is 2. The van der Waals surface area contributed by atoms with Gasteiger partial charge in [-0.3, -0.25) is 4.68 Å². The molecule has 0 aliphatic rings. The van der Waals surface area contributed by atoms with Crippen molar-refractivity contribution < 1.29 is 5.11 Å². The molecule has 102 valence electrons. The Balaban J connectivity index is 2.31. The third kappa shape index (κ3) is 2.90. The highest BCUT2D eigenvalue weighted by molar-refractivity contribution is 6.42. The third-order valence-electron chi connectivity index (χ3n) is 2.99. The van der Waals surface area contributed by atoms with Crippen LogP contribution in [0.5, 0.6) is 0 Å². The molecule has 0 saturated carbocycles. The second-order valence-corrected chi connectivity index (χ2v) is 5.50. The van der Waals surface area contributed by atoms with Gasteiger partial charge in [-0.05, 0) is 13.0 Å². The maximum absolute atomic E-state index is 10.3. The largest absolute Gasteiger partial charge is 0.388 e. The van der Waals surface area contributed by atoms with Gasteiger partial charge in [0.1, 0.15) is 0 Å². The molecule has 3 nitrogen and oxygen atoms in total. The molecule has 0 aliphatic carbocycles. The average molecular weight is 320 g/mol. The van der Waals surface area contributed by atoms with Gasteiger partial charge in [-0.1, -0.05) is 46.9 Å². The van der Waals surface area contributed by atoms with Gasteiger partial charge in [-0.25, -0.2) is 0 Å². The fourth-order valence-corrected chi connectivity index (χ4v) is 2.64. The quantitative estimate of drug-likeness (QED) is 0.929. The van der Waals surface area contributed by atoms with E-state index in [-0.39, 0.29) is 0 Å². The van der Waals surface area contributed by atoms with Gasteiger partial charge < -0.3 is 5.11 Å². The van der Waals surface area contributed by atoms with E-state index in [1.165, 1.54) is 0 Å². The Morgan fingerprint density at radius 2 is 1.95 bits per heavy atom. The molecule has 0 aliphatic heterocycles. The Kier molecular flexibility index (Phi) is 4.41. The van der Waals surface area contributed by atoms with E-state index in [0.29, 0.717) is 27.1 Å². The van der Waals surface area contributed by atoms with E-state index in [4.69, 9.17) is 34.8 Å². The Morgan fingerprint density at radius 1 is 1.26 bits per heavy atom. The molecule has 0 saturated heterocycles. The van der Waals surface area contributed by atoms with Crippen LogP contribution in [-0.4, -0.2) is 14.9 Å². The third-order valence-corrected chi connectivity index (χ3v) is 4.31. The first kappa shape index (κ1) is 14.7.